The van der Waals surface area contributed by atoms with E-state index in [1.807, 2.05) is 25.1 Å². The molecule has 88 valence electrons. The first-order valence-corrected chi connectivity index (χ1v) is 6.27. The van der Waals surface area contributed by atoms with Gasteiger partial charge in [0, 0.05) is 11.4 Å². The molecule has 2 rings (SSSR count). The highest BCUT2D eigenvalue weighted by Crippen LogP contribution is 2.21. The van der Waals surface area contributed by atoms with Crippen LogP contribution in [0.15, 0.2) is 39.4 Å². The monoisotopic (exact) mass is 312 g/mol. The van der Waals surface area contributed by atoms with E-state index < -0.39 is 0 Å². The van der Waals surface area contributed by atoms with E-state index >= 15 is 0 Å². The van der Waals surface area contributed by atoms with E-state index in [0.717, 1.165) is 11.1 Å². The summed E-state index contributed by atoms with van der Waals surface area (Å²) < 4.78 is 5.76. The Morgan fingerprint density at radius 3 is 2.71 bits per heavy atom. The summed E-state index contributed by atoms with van der Waals surface area (Å²) in [6.45, 7) is 1.96. The maximum absolute atomic E-state index is 11.9. The number of furan rings is 1. The Morgan fingerprint density at radius 2 is 2.12 bits per heavy atom. The van der Waals surface area contributed by atoms with Crippen molar-refractivity contribution in [2.75, 3.05) is 0 Å². The first kappa shape index (κ1) is 12.4. The normalized spacial score (nSPS) is 10.5. The summed E-state index contributed by atoms with van der Waals surface area (Å²) in [5, 5.41) is 0.615. The number of benzene rings is 1. The van der Waals surface area contributed by atoms with E-state index in [1.165, 1.54) is 0 Å². The predicted octanol–water partition coefficient (Wildman–Crippen LogP) is 4.43. The van der Waals surface area contributed by atoms with Crippen LogP contribution in [-0.2, 0) is 6.42 Å². The van der Waals surface area contributed by atoms with Gasteiger partial charge in [0.15, 0.2) is 10.4 Å². The third-order valence-corrected chi connectivity index (χ3v) is 3.19. The highest BCUT2D eigenvalue weighted by Gasteiger charge is 2.13. The largest absolute Gasteiger partial charge is 0.446 e. The zero-order chi connectivity index (χ0) is 12.4. The minimum absolute atomic E-state index is 0.0820. The van der Waals surface area contributed by atoms with E-state index in [2.05, 4.69) is 15.9 Å². The fourth-order valence-electron chi connectivity index (χ4n) is 1.52. The minimum atomic E-state index is -0.0820. The summed E-state index contributed by atoms with van der Waals surface area (Å²) in [5.74, 6) is 0.259. The molecule has 1 aromatic carbocycles. The molecule has 2 aromatic rings. The van der Waals surface area contributed by atoms with Crippen LogP contribution < -0.4 is 0 Å². The number of hydrogen-bond acceptors (Lipinski definition) is 2. The Bertz CT molecular complexity index is 560. The fraction of sp³-hybridized carbons (Fsp3) is 0.154. The van der Waals surface area contributed by atoms with Crippen LogP contribution in [0.5, 0.6) is 0 Å². The zero-order valence-corrected chi connectivity index (χ0v) is 11.5. The molecule has 4 heteroatoms. The molecule has 0 radical (unpaired) electrons. The molecule has 0 spiro atoms. The topological polar surface area (TPSA) is 30.2 Å². The van der Waals surface area contributed by atoms with E-state index in [0.29, 0.717) is 15.5 Å². The lowest BCUT2D eigenvalue weighted by Crippen LogP contribution is -2.02. The Kier molecular flexibility index (Phi) is 3.69. The predicted molar refractivity (Wildman–Crippen MR) is 70.6 cm³/mol. The molecule has 0 aliphatic carbocycles. The average Bonchev–Trinajstić information content (AvgIpc) is 2.69. The zero-order valence-electron chi connectivity index (χ0n) is 9.17. The van der Waals surface area contributed by atoms with E-state index in [4.69, 9.17) is 16.0 Å². The maximum Gasteiger partial charge on any atom is 0.202 e. The first-order chi connectivity index (χ1) is 8.06. The second-order valence-electron chi connectivity index (χ2n) is 3.80. The lowest BCUT2D eigenvalue weighted by atomic mass is 10.1. The smallest absolute Gasteiger partial charge is 0.202 e. The third-order valence-electron chi connectivity index (χ3n) is 2.41. The molecule has 17 heavy (non-hydrogen) atoms. The quantitative estimate of drug-likeness (QED) is 0.785. The molecule has 0 unspecified atom stereocenters. The van der Waals surface area contributed by atoms with Crippen molar-refractivity contribution >= 4 is 33.3 Å². The molecule has 0 saturated carbocycles. The average molecular weight is 314 g/mol. The number of hydrogen-bond donors (Lipinski definition) is 0. The second-order valence-corrected chi connectivity index (χ2v) is 4.99. The lowest BCUT2D eigenvalue weighted by Gasteiger charge is -2.03. The molecule has 1 heterocycles. The van der Waals surface area contributed by atoms with Gasteiger partial charge < -0.3 is 4.42 Å². The first-order valence-electron chi connectivity index (χ1n) is 5.10. The van der Waals surface area contributed by atoms with Gasteiger partial charge in [-0.25, -0.2) is 0 Å². The maximum atomic E-state index is 11.9. The van der Waals surface area contributed by atoms with Gasteiger partial charge in [-0.2, -0.15) is 0 Å². The van der Waals surface area contributed by atoms with Crippen molar-refractivity contribution in [3.63, 3.8) is 0 Å². The molecule has 1 aromatic heterocycles. The summed E-state index contributed by atoms with van der Waals surface area (Å²) in [5.41, 5.74) is 1.89. The van der Waals surface area contributed by atoms with Gasteiger partial charge in [-0.1, -0.05) is 23.7 Å². The van der Waals surface area contributed by atoms with E-state index in [-0.39, 0.29) is 12.2 Å². The number of carbonyl (C=O) groups excluding carboxylic acids is 1. The number of ketones is 1. The summed E-state index contributed by atoms with van der Waals surface area (Å²) >= 11 is 9.24. The number of carbonyl (C=O) groups is 1. The van der Waals surface area contributed by atoms with Gasteiger partial charge in [-0.3, -0.25) is 4.79 Å². The Balaban J connectivity index is 2.18. The molecule has 0 N–H and O–H groups in total. The van der Waals surface area contributed by atoms with Crippen LogP contribution in [0.1, 0.15) is 21.7 Å². The Hall–Kier alpha value is -1.06. The van der Waals surface area contributed by atoms with Crippen molar-refractivity contribution in [1.29, 1.82) is 0 Å². The van der Waals surface area contributed by atoms with Crippen molar-refractivity contribution < 1.29 is 9.21 Å². The number of halogens is 2. The van der Waals surface area contributed by atoms with Crippen molar-refractivity contribution in [1.82, 2.24) is 0 Å². The molecule has 0 bridgehead atoms. The summed E-state index contributed by atoms with van der Waals surface area (Å²) in [6.07, 6.45) is 0.249. The van der Waals surface area contributed by atoms with Crippen LogP contribution in [0, 0.1) is 6.92 Å². The van der Waals surface area contributed by atoms with Crippen LogP contribution in [0.4, 0.5) is 0 Å². The van der Waals surface area contributed by atoms with Crippen LogP contribution >= 0.6 is 27.5 Å². The van der Waals surface area contributed by atoms with Gasteiger partial charge in [-0.15, -0.1) is 0 Å². The third kappa shape index (κ3) is 2.99. The molecule has 2 nitrogen and oxygen atoms in total. The highest BCUT2D eigenvalue weighted by molar-refractivity contribution is 9.10. The summed E-state index contributed by atoms with van der Waals surface area (Å²) in [6, 6.07) is 9.00. The van der Waals surface area contributed by atoms with Gasteiger partial charge in [0.25, 0.3) is 0 Å². The Labute approximate surface area is 113 Å². The highest BCUT2D eigenvalue weighted by atomic mass is 79.9. The van der Waals surface area contributed by atoms with Gasteiger partial charge in [0.2, 0.25) is 5.78 Å². The van der Waals surface area contributed by atoms with E-state index in [9.17, 15) is 4.79 Å². The molecular weight excluding hydrogens is 303 g/mol. The molecule has 0 aliphatic rings. The molecular formula is C13H10BrClO2. The van der Waals surface area contributed by atoms with Crippen molar-refractivity contribution in [2.45, 2.75) is 13.3 Å². The van der Waals surface area contributed by atoms with Crippen molar-refractivity contribution in [3.05, 3.63) is 56.9 Å². The van der Waals surface area contributed by atoms with Crippen LogP contribution in [0.2, 0.25) is 5.02 Å². The number of aryl methyl sites for hydroxylation is 1. The lowest BCUT2D eigenvalue weighted by molar-refractivity contribution is 0.0965. The standard InChI is InChI=1S/C13H10BrClO2/c1-8-2-3-9(10(15)6-8)7-11(16)12-4-5-13(14)17-12/h2-6H,7H2,1H3. The SMILES string of the molecule is Cc1ccc(CC(=O)c2ccc(Br)o2)c(Cl)c1. The van der Waals surface area contributed by atoms with Gasteiger partial charge >= 0.3 is 0 Å². The molecule has 0 aliphatic heterocycles. The van der Waals surface area contributed by atoms with Crippen LogP contribution in [0.3, 0.4) is 0 Å². The van der Waals surface area contributed by atoms with E-state index in [1.54, 1.807) is 12.1 Å². The van der Waals surface area contributed by atoms with Crippen LogP contribution in [-0.4, -0.2) is 5.78 Å². The summed E-state index contributed by atoms with van der Waals surface area (Å²) in [4.78, 5) is 11.9. The number of Topliss-reactive ketones (excluding diaryl/α,β-unsaturated/α-hetero) is 1. The Morgan fingerprint density at radius 1 is 1.35 bits per heavy atom. The molecule has 0 fully saturated rings. The second kappa shape index (κ2) is 5.07. The number of rotatable bonds is 3. The van der Waals surface area contributed by atoms with Crippen LogP contribution in [0.25, 0.3) is 0 Å². The molecule has 0 saturated heterocycles. The van der Waals surface area contributed by atoms with Crippen molar-refractivity contribution in [3.8, 4) is 0 Å². The molecule has 0 atom stereocenters. The minimum Gasteiger partial charge on any atom is -0.446 e. The van der Waals surface area contributed by atoms with Crippen molar-refractivity contribution in [2.24, 2.45) is 0 Å². The van der Waals surface area contributed by atoms with Gasteiger partial charge in [0.05, 0.1) is 0 Å². The molecule has 0 amide bonds. The summed E-state index contributed by atoms with van der Waals surface area (Å²) in [7, 11) is 0. The van der Waals surface area contributed by atoms with Gasteiger partial charge in [-0.05, 0) is 52.2 Å². The fourth-order valence-corrected chi connectivity index (χ4v) is 2.13. The van der Waals surface area contributed by atoms with Gasteiger partial charge in [0.1, 0.15) is 0 Å².